The van der Waals surface area contributed by atoms with Crippen LogP contribution in [0.25, 0.3) is 0 Å². The van der Waals surface area contributed by atoms with Crippen molar-refractivity contribution in [1.82, 2.24) is 0 Å². The van der Waals surface area contributed by atoms with Gasteiger partial charge >= 0.3 is 0 Å². The topological polar surface area (TPSA) is 9.23 Å². The fourth-order valence-corrected chi connectivity index (χ4v) is 1.54. The van der Waals surface area contributed by atoms with E-state index in [9.17, 15) is 4.39 Å². The standard InChI is InChI=1S/C8H7BrFIO/c9-3-4-12-8-2-1-6(10)5-7(8)11/h1-2,5H,3-4H2. The van der Waals surface area contributed by atoms with Gasteiger partial charge in [-0.15, -0.1) is 0 Å². The average Bonchev–Trinajstić information content (AvgIpc) is 2.03. The number of halogens is 3. The number of hydrogen-bond acceptors (Lipinski definition) is 1. The smallest absolute Gasteiger partial charge is 0.132 e. The molecule has 0 saturated heterocycles. The van der Waals surface area contributed by atoms with Crippen molar-refractivity contribution in [3.63, 3.8) is 0 Å². The number of benzene rings is 1. The maximum Gasteiger partial charge on any atom is 0.132 e. The van der Waals surface area contributed by atoms with E-state index in [4.69, 9.17) is 4.74 Å². The van der Waals surface area contributed by atoms with Crippen molar-refractivity contribution < 1.29 is 9.13 Å². The highest BCUT2D eigenvalue weighted by atomic mass is 127. The first-order valence-electron chi connectivity index (χ1n) is 3.38. The van der Waals surface area contributed by atoms with Crippen molar-refractivity contribution in [3.8, 4) is 5.75 Å². The van der Waals surface area contributed by atoms with Gasteiger partial charge in [-0.05, 0) is 40.8 Å². The molecule has 1 rings (SSSR count). The summed E-state index contributed by atoms with van der Waals surface area (Å²) in [5.74, 6) is 0.502. The molecule has 0 spiro atoms. The zero-order chi connectivity index (χ0) is 8.97. The molecule has 0 bridgehead atoms. The minimum atomic E-state index is -0.231. The predicted octanol–water partition coefficient (Wildman–Crippen LogP) is 3.20. The van der Waals surface area contributed by atoms with Crippen LogP contribution in [0.3, 0.4) is 0 Å². The fourth-order valence-electron chi connectivity index (χ4n) is 0.741. The number of ether oxygens (including phenoxy) is 1. The van der Waals surface area contributed by atoms with Crippen molar-refractivity contribution in [2.75, 3.05) is 11.9 Å². The van der Waals surface area contributed by atoms with Crippen LogP contribution in [0, 0.1) is 9.39 Å². The lowest BCUT2D eigenvalue weighted by Crippen LogP contribution is -1.99. The van der Waals surface area contributed by atoms with E-state index in [0.717, 1.165) is 14.6 Å². The molecule has 0 aromatic heterocycles. The molecule has 1 nitrogen and oxygen atoms in total. The maximum absolute atomic E-state index is 12.6. The second-order valence-electron chi connectivity index (χ2n) is 2.11. The lowest BCUT2D eigenvalue weighted by Gasteiger charge is -2.05. The first kappa shape index (κ1) is 10.2. The molecule has 0 heterocycles. The third-order valence-electron chi connectivity index (χ3n) is 1.23. The molecule has 66 valence electrons. The molecule has 4 heteroatoms. The monoisotopic (exact) mass is 344 g/mol. The summed E-state index contributed by atoms with van der Waals surface area (Å²) in [7, 11) is 0. The van der Waals surface area contributed by atoms with E-state index in [2.05, 4.69) is 15.9 Å². The van der Waals surface area contributed by atoms with Crippen LogP contribution in [-0.2, 0) is 0 Å². The molecule has 1 aromatic rings. The van der Waals surface area contributed by atoms with E-state index in [0.29, 0.717) is 6.61 Å². The minimum Gasteiger partial charge on any atom is -0.492 e. The van der Waals surface area contributed by atoms with Crippen molar-refractivity contribution in [3.05, 3.63) is 27.6 Å². The summed E-state index contributed by atoms with van der Waals surface area (Å²) in [5.41, 5.74) is 0. The molecule has 0 aliphatic rings. The van der Waals surface area contributed by atoms with Crippen molar-refractivity contribution in [2.45, 2.75) is 0 Å². The Labute approximate surface area is 92.6 Å². The normalized spacial score (nSPS) is 9.92. The van der Waals surface area contributed by atoms with E-state index in [-0.39, 0.29) is 5.82 Å². The lowest BCUT2D eigenvalue weighted by molar-refractivity contribution is 0.342. The zero-order valence-corrected chi connectivity index (χ0v) is 9.93. The molecule has 0 radical (unpaired) electrons. The second-order valence-corrected chi connectivity index (χ2v) is 4.07. The highest BCUT2D eigenvalue weighted by Gasteiger charge is 2.00. The van der Waals surface area contributed by atoms with Crippen molar-refractivity contribution >= 4 is 38.5 Å². The molecule has 0 saturated carbocycles. The Morgan fingerprint density at radius 1 is 1.50 bits per heavy atom. The first-order valence-corrected chi connectivity index (χ1v) is 5.58. The van der Waals surface area contributed by atoms with Gasteiger partial charge in [0.15, 0.2) is 0 Å². The fraction of sp³-hybridized carbons (Fsp3) is 0.250. The van der Waals surface area contributed by atoms with Crippen molar-refractivity contribution in [2.24, 2.45) is 0 Å². The molecule has 0 atom stereocenters. The maximum atomic E-state index is 12.6. The Bertz CT molecular complexity index is 267. The van der Waals surface area contributed by atoms with Crippen molar-refractivity contribution in [1.29, 1.82) is 0 Å². The van der Waals surface area contributed by atoms with Gasteiger partial charge in [0.05, 0.1) is 10.2 Å². The minimum absolute atomic E-state index is 0.231. The van der Waals surface area contributed by atoms with Crippen LogP contribution in [0.2, 0.25) is 0 Å². The van der Waals surface area contributed by atoms with Crippen LogP contribution in [0.5, 0.6) is 5.75 Å². The molecule has 0 amide bonds. The lowest BCUT2D eigenvalue weighted by atomic mass is 10.3. The molecule has 0 unspecified atom stereocenters. The van der Waals surface area contributed by atoms with Gasteiger partial charge in [-0.2, -0.15) is 0 Å². The van der Waals surface area contributed by atoms with Gasteiger partial charge < -0.3 is 4.74 Å². The Morgan fingerprint density at radius 2 is 2.25 bits per heavy atom. The first-order chi connectivity index (χ1) is 5.74. The molecule has 12 heavy (non-hydrogen) atoms. The Kier molecular flexibility index (Phi) is 4.28. The molecular weight excluding hydrogens is 338 g/mol. The van der Waals surface area contributed by atoms with E-state index in [1.54, 1.807) is 6.07 Å². The Balaban J connectivity index is 2.72. The molecule has 1 aromatic carbocycles. The van der Waals surface area contributed by atoms with Gasteiger partial charge in [0.25, 0.3) is 0 Å². The zero-order valence-electron chi connectivity index (χ0n) is 6.19. The largest absolute Gasteiger partial charge is 0.492 e. The van der Waals surface area contributed by atoms with Crippen LogP contribution in [-0.4, -0.2) is 11.9 Å². The number of rotatable bonds is 3. The summed E-state index contributed by atoms with van der Waals surface area (Å²) >= 11 is 5.29. The second kappa shape index (κ2) is 5.01. The van der Waals surface area contributed by atoms with Crippen LogP contribution < -0.4 is 4.74 Å². The molecule has 0 aliphatic heterocycles. The van der Waals surface area contributed by atoms with Gasteiger partial charge in [-0.1, -0.05) is 15.9 Å². The highest BCUT2D eigenvalue weighted by Crippen LogP contribution is 2.21. The van der Waals surface area contributed by atoms with Gasteiger partial charge in [0.2, 0.25) is 0 Å². The van der Waals surface area contributed by atoms with Crippen LogP contribution in [0.1, 0.15) is 0 Å². The van der Waals surface area contributed by atoms with E-state index in [1.165, 1.54) is 12.1 Å². The van der Waals surface area contributed by atoms with Gasteiger partial charge in [0, 0.05) is 5.33 Å². The third kappa shape index (κ3) is 2.90. The summed E-state index contributed by atoms with van der Waals surface area (Å²) in [6.45, 7) is 0.599. The molecular formula is C8H7BrFIO. The summed E-state index contributed by atoms with van der Waals surface area (Å²) in [6.07, 6.45) is 0. The highest BCUT2D eigenvalue weighted by molar-refractivity contribution is 14.1. The summed E-state index contributed by atoms with van der Waals surface area (Å²) in [5, 5.41) is 0.778. The average molecular weight is 345 g/mol. The number of hydrogen-bond donors (Lipinski definition) is 0. The van der Waals surface area contributed by atoms with Crippen LogP contribution in [0.4, 0.5) is 4.39 Å². The Hall–Kier alpha value is 0.160. The van der Waals surface area contributed by atoms with Gasteiger partial charge in [-0.25, -0.2) is 4.39 Å². The van der Waals surface area contributed by atoms with E-state index >= 15 is 0 Å². The summed E-state index contributed by atoms with van der Waals surface area (Å²) in [4.78, 5) is 0. The van der Waals surface area contributed by atoms with Gasteiger partial charge in [0.1, 0.15) is 11.6 Å². The number of alkyl halides is 1. The van der Waals surface area contributed by atoms with E-state index in [1.807, 2.05) is 22.6 Å². The quantitative estimate of drug-likeness (QED) is 0.604. The van der Waals surface area contributed by atoms with E-state index < -0.39 is 0 Å². The summed E-state index contributed by atoms with van der Waals surface area (Å²) < 4.78 is 18.7. The third-order valence-corrected chi connectivity index (χ3v) is 2.40. The Morgan fingerprint density at radius 3 is 2.83 bits per heavy atom. The summed E-state index contributed by atoms with van der Waals surface area (Å²) in [6, 6.07) is 4.48. The van der Waals surface area contributed by atoms with Gasteiger partial charge in [-0.3, -0.25) is 0 Å². The molecule has 0 aliphatic carbocycles. The SMILES string of the molecule is Fc1ccc(OCCBr)c(I)c1. The molecule has 0 fully saturated rings. The van der Waals surface area contributed by atoms with Crippen LogP contribution >= 0.6 is 38.5 Å². The predicted molar refractivity (Wildman–Crippen MR) is 58.4 cm³/mol. The molecule has 0 N–H and O–H groups in total. The van der Waals surface area contributed by atoms with Crippen LogP contribution in [0.15, 0.2) is 18.2 Å².